The highest BCUT2D eigenvalue weighted by Crippen LogP contribution is 2.18. The second-order valence-electron chi connectivity index (χ2n) is 4.38. The largest absolute Gasteiger partial charge is 0.324 e. The van der Waals surface area contributed by atoms with E-state index >= 15 is 0 Å². The molecule has 0 spiro atoms. The second kappa shape index (κ2) is 5.32. The summed E-state index contributed by atoms with van der Waals surface area (Å²) in [6, 6.07) is 0.857. The summed E-state index contributed by atoms with van der Waals surface area (Å²) >= 11 is 0. The number of hydrogen-bond acceptors (Lipinski definition) is 2. The smallest absolute Gasteiger partial charge is 0.0229 e. The molecule has 1 aliphatic carbocycles. The van der Waals surface area contributed by atoms with Gasteiger partial charge in [0.15, 0.2) is 0 Å². The van der Waals surface area contributed by atoms with Gasteiger partial charge < -0.3 is 5.73 Å². The summed E-state index contributed by atoms with van der Waals surface area (Å²) in [5.74, 6) is 0.632. The molecular formula is C12H22N2. The van der Waals surface area contributed by atoms with Crippen molar-refractivity contribution in [1.82, 2.24) is 4.90 Å². The van der Waals surface area contributed by atoms with E-state index in [0.717, 1.165) is 19.5 Å². The van der Waals surface area contributed by atoms with Gasteiger partial charge in [-0.15, -0.1) is 6.58 Å². The molecule has 80 valence electrons. The number of rotatable bonds is 5. The highest BCUT2D eigenvalue weighted by Gasteiger charge is 2.19. The second-order valence-corrected chi connectivity index (χ2v) is 4.38. The van der Waals surface area contributed by atoms with Crippen LogP contribution in [-0.4, -0.2) is 30.1 Å². The van der Waals surface area contributed by atoms with Gasteiger partial charge in [-0.05, 0) is 26.2 Å². The average Bonchev–Trinajstić information content (AvgIpc) is 2.50. The minimum absolute atomic E-state index is 0.276. The predicted molar refractivity (Wildman–Crippen MR) is 62.1 cm³/mol. The zero-order valence-corrected chi connectivity index (χ0v) is 9.32. The molecule has 0 amide bonds. The van der Waals surface area contributed by atoms with Gasteiger partial charge in [-0.25, -0.2) is 0 Å². The Morgan fingerprint density at radius 3 is 2.71 bits per heavy atom. The molecule has 0 aliphatic heterocycles. The minimum atomic E-state index is 0.276. The lowest BCUT2D eigenvalue weighted by Gasteiger charge is -2.27. The normalized spacial score (nSPS) is 26.4. The molecule has 0 fully saturated rings. The molecule has 0 bridgehead atoms. The predicted octanol–water partition coefficient (Wildman–Crippen LogP) is 1.79. The molecule has 0 heterocycles. The standard InChI is InChI=1S/C12H22N2/c1-4-7-14(10(2)3)9-11-5-6-12(13)8-11/h4-6,10-12H,1,7-9,13H2,2-3H3. The monoisotopic (exact) mass is 194 g/mol. The zero-order chi connectivity index (χ0) is 10.6. The third-order valence-corrected chi connectivity index (χ3v) is 2.77. The maximum Gasteiger partial charge on any atom is 0.0229 e. The third-order valence-electron chi connectivity index (χ3n) is 2.77. The van der Waals surface area contributed by atoms with Crippen molar-refractivity contribution in [2.75, 3.05) is 13.1 Å². The SMILES string of the molecule is C=CCN(CC1C=CC(N)C1)C(C)C. The molecule has 2 atom stereocenters. The number of hydrogen-bond donors (Lipinski definition) is 1. The minimum Gasteiger partial charge on any atom is -0.324 e. The molecule has 14 heavy (non-hydrogen) atoms. The van der Waals surface area contributed by atoms with Crippen LogP contribution in [0.2, 0.25) is 0 Å². The van der Waals surface area contributed by atoms with Gasteiger partial charge in [0.1, 0.15) is 0 Å². The highest BCUT2D eigenvalue weighted by atomic mass is 15.1. The van der Waals surface area contributed by atoms with Crippen molar-refractivity contribution in [2.24, 2.45) is 11.7 Å². The van der Waals surface area contributed by atoms with Crippen molar-refractivity contribution in [2.45, 2.75) is 32.4 Å². The molecular weight excluding hydrogens is 172 g/mol. The molecule has 2 N–H and O–H groups in total. The first-order chi connectivity index (χ1) is 6.63. The van der Waals surface area contributed by atoms with Crippen molar-refractivity contribution in [3.05, 3.63) is 24.8 Å². The molecule has 0 saturated heterocycles. The van der Waals surface area contributed by atoms with Gasteiger partial charge in [0.05, 0.1) is 0 Å². The number of nitrogens with two attached hydrogens (primary N) is 1. The van der Waals surface area contributed by atoms with Gasteiger partial charge in [0.2, 0.25) is 0 Å². The van der Waals surface area contributed by atoms with Gasteiger partial charge >= 0.3 is 0 Å². The highest BCUT2D eigenvalue weighted by molar-refractivity contribution is 5.05. The van der Waals surface area contributed by atoms with Crippen molar-refractivity contribution in [1.29, 1.82) is 0 Å². The van der Waals surface area contributed by atoms with Crippen LogP contribution in [0.25, 0.3) is 0 Å². The van der Waals surface area contributed by atoms with Gasteiger partial charge in [-0.3, -0.25) is 4.90 Å². The Labute approximate surface area is 87.5 Å². The van der Waals surface area contributed by atoms with E-state index in [9.17, 15) is 0 Å². The first kappa shape index (κ1) is 11.5. The Morgan fingerprint density at radius 2 is 2.29 bits per heavy atom. The van der Waals surface area contributed by atoms with Crippen LogP contribution in [0.3, 0.4) is 0 Å². The summed E-state index contributed by atoms with van der Waals surface area (Å²) in [6.45, 7) is 10.3. The molecule has 0 radical (unpaired) electrons. The summed E-state index contributed by atoms with van der Waals surface area (Å²) in [7, 11) is 0. The summed E-state index contributed by atoms with van der Waals surface area (Å²) < 4.78 is 0. The van der Waals surface area contributed by atoms with Crippen LogP contribution in [0.5, 0.6) is 0 Å². The van der Waals surface area contributed by atoms with E-state index in [4.69, 9.17) is 5.73 Å². The maximum absolute atomic E-state index is 5.83. The Kier molecular flexibility index (Phi) is 4.36. The topological polar surface area (TPSA) is 29.3 Å². The Balaban J connectivity index is 2.39. The van der Waals surface area contributed by atoms with Crippen LogP contribution in [0.4, 0.5) is 0 Å². The molecule has 1 rings (SSSR count). The number of nitrogens with zero attached hydrogens (tertiary/aromatic N) is 1. The fourth-order valence-corrected chi connectivity index (χ4v) is 1.91. The molecule has 0 saturated carbocycles. The van der Waals surface area contributed by atoms with E-state index in [0.29, 0.717) is 12.0 Å². The molecule has 2 heteroatoms. The van der Waals surface area contributed by atoms with Crippen molar-refractivity contribution < 1.29 is 0 Å². The lowest BCUT2D eigenvalue weighted by Crippen LogP contribution is -2.35. The summed E-state index contributed by atoms with van der Waals surface area (Å²) in [5.41, 5.74) is 5.83. The van der Waals surface area contributed by atoms with Crippen LogP contribution < -0.4 is 5.73 Å². The molecule has 2 unspecified atom stereocenters. The van der Waals surface area contributed by atoms with Crippen molar-refractivity contribution in [3.63, 3.8) is 0 Å². The van der Waals surface area contributed by atoms with Gasteiger partial charge in [-0.1, -0.05) is 18.2 Å². The van der Waals surface area contributed by atoms with Crippen LogP contribution >= 0.6 is 0 Å². The van der Waals surface area contributed by atoms with Crippen LogP contribution in [0, 0.1) is 5.92 Å². The van der Waals surface area contributed by atoms with Gasteiger partial charge in [0, 0.05) is 25.2 Å². The first-order valence-electron chi connectivity index (χ1n) is 5.42. The van der Waals surface area contributed by atoms with Crippen molar-refractivity contribution >= 4 is 0 Å². The third kappa shape index (κ3) is 3.28. The van der Waals surface area contributed by atoms with Gasteiger partial charge in [0.25, 0.3) is 0 Å². The fourth-order valence-electron chi connectivity index (χ4n) is 1.91. The van der Waals surface area contributed by atoms with Crippen molar-refractivity contribution in [3.8, 4) is 0 Å². The van der Waals surface area contributed by atoms with Crippen LogP contribution in [0.1, 0.15) is 20.3 Å². The average molecular weight is 194 g/mol. The molecule has 0 aromatic heterocycles. The maximum atomic E-state index is 5.83. The van der Waals surface area contributed by atoms with E-state index in [1.807, 2.05) is 6.08 Å². The summed E-state index contributed by atoms with van der Waals surface area (Å²) in [5, 5.41) is 0. The summed E-state index contributed by atoms with van der Waals surface area (Å²) in [6.07, 6.45) is 7.44. The first-order valence-corrected chi connectivity index (χ1v) is 5.42. The molecule has 0 aromatic carbocycles. The lowest BCUT2D eigenvalue weighted by molar-refractivity contribution is 0.220. The van der Waals surface area contributed by atoms with Gasteiger partial charge in [-0.2, -0.15) is 0 Å². The van der Waals surface area contributed by atoms with E-state index in [1.165, 1.54) is 0 Å². The van der Waals surface area contributed by atoms with E-state index in [-0.39, 0.29) is 6.04 Å². The Bertz CT molecular complexity index is 208. The molecule has 0 aromatic rings. The lowest BCUT2D eigenvalue weighted by atomic mass is 10.1. The molecule has 1 aliphatic rings. The van der Waals surface area contributed by atoms with Crippen LogP contribution in [0.15, 0.2) is 24.8 Å². The van der Waals surface area contributed by atoms with Crippen LogP contribution in [-0.2, 0) is 0 Å². The quantitative estimate of drug-likeness (QED) is 0.676. The Morgan fingerprint density at radius 1 is 1.57 bits per heavy atom. The fraction of sp³-hybridized carbons (Fsp3) is 0.667. The summed E-state index contributed by atoms with van der Waals surface area (Å²) in [4.78, 5) is 2.43. The van der Waals surface area contributed by atoms with E-state index in [1.54, 1.807) is 0 Å². The molecule has 2 nitrogen and oxygen atoms in total. The van der Waals surface area contributed by atoms with E-state index in [2.05, 4.69) is 37.5 Å². The Hall–Kier alpha value is -0.600. The zero-order valence-electron chi connectivity index (χ0n) is 9.32. The van der Waals surface area contributed by atoms with E-state index < -0.39 is 0 Å².